The van der Waals surface area contributed by atoms with Gasteiger partial charge >= 0.3 is 0 Å². The van der Waals surface area contributed by atoms with Crippen molar-refractivity contribution in [2.75, 3.05) is 18.8 Å². The maximum absolute atomic E-state index is 11.4. The molecule has 0 radical (unpaired) electrons. The largest absolute Gasteiger partial charge is 0.293 e. The fraction of sp³-hybridized carbons (Fsp3) is 0.700. The number of carbonyl (C=O) groups is 1. The summed E-state index contributed by atoms with van der Waals surface area (Å²) in [7, 11) is 0. The van der Waals surface area contributed by atoms with Gasteiger partial charge in [-0.15, -0.1) is 0 Å². The van der Waals surface area contributed by atoms with Gasteiger partial charge in [-0.1, -0.05) is 42.8 Å². The van der Waals surface area contributed by atoms with Gasteiger partial charge in [-0.05, 0) is 12.8 Å². The standard InChI is InChI=1S/C10H17ClN2OS/c1-9(11)8-15-10(14)12-13-6-4-2-3-5-7-13/h1-8H2,(H,12,14). The molecule has 1 amide bonds. The van der Waals surface area contributed by atoms with Crippen molar-refractivity contribution in [3.63, 3.8) is 0 Å². The number of hydrogen-bond acceptors (Lipinski definition) is 3. The number of halogens is 1. The first kappa shape index (κ1) is 12.9. The summed E-state index contributed by atoms with van der Waals surface area (Å²) >= 11 is 6.74. The number of nitrogens with one attached hydrogen (secondary N) is 1. The molecule has 1 aliphatic heterocycles. The molecule has 3 nitrogen and oxygen atoms in total. The molecule has 86 valence electrons. The molecule has 5 heteroatoms. The molecular weight excluding hydrogens is 232 g/mol. The van der Waals surface area contributed by atoms with Crippen LogP contribution < -0.4 is 5.43 Å². The van der Waals surface area contributed by atoms with E-state index >= 15 is 0 Å². The van der Waals surface area contributed by atoms with Crippen LogP contribution in [0.5, 0.6) is 0 Å². The average Bonchev–Trinajstić information content (AvgIpc) is 2.43. The van der Waals surface area contributed by atoms with Crippen LogP contribution >= 0.6 is 23.4 Å². The molecule has 1 fully saturated rings. The minimum absolute atomic E-state index is 0.0429. The number of thioether (sulfide) groups is 1. The second-order valence-corrected chi connectivity index (χ2v) is 5.09. The van der Waals surface area contributed by atoms with E-state index in [1.54, 1.807) is 0 Å². The highest BCUT2D eigenvalue weighted by Gasteiger charge is 2.11. The maximum atomic E-state index is 11.4. The molecule has 15 heavy (non-hydrogen) atoms. The lowest BCUT2D eigenvalue weighted by Crippen LogP contribution is -2.40. The fourth-order valence-corrected chi connectivity index (χ4v) is 2.13. The lowest BCUT2D eigenvalue weighted by molar-refractivity contribution is 0.198. The van der Waals surface area contributed by atoms with Gasteiger partial charge in [0, 0.05) is 23.9 Å². The lowest BCUT2D eigenvalue weighted by atomic mass is 10.2. The molecule has 1 rings (SSSR count). The third-order valence-corrected chi connectivity index (χ3v) is 3.35. The highest BCUT2D eigenvalue weighted by atomic mass is 35.5. The van der Waals surface area contributed by atoms with Crippen LogP contribution in [0.2, 0.25) is 0 Å². The molecule has 0 spiro atoms. The summed E-state index contributed by atoms with van der Waals surface area (Å²) in [4.78, 5) is 11.4. The second kappa shape index (κ2) is 7.14. The Labute approximate surface area is 100 Å². The molecule has 0 aliphatic carbocycles. The van der Waals surface area contributed by atoms with Crippen LogP contribution in [0.15, 0.2) is 11.6 Å². The lowest BCUT2D eigenvalue weighted by Gasteiger charge is -2.20. The van der Waals surface area contributed by atoms with Crippen LogP contribution in [0.3, 0.4) is 0 Å². The predicted molar refractivity (Wildman–Crippen MR) is 66.0 cm³/mol. The molecule has 1 heterocycles. The minimum atomic E-state index is -0.0429. The SMILES string of the molecule is C=C(Cl)CSC(=O)NN1CCCCCC1. The van der Waals surface area contributed by atoms with Crippen LogP contribution in [0, 0.1) is 0 Å². The third-order valence-electron chi connectivity index (χ3n) is 2.22. The molecule has 0 aromatic carbocycles. The molecule has 1 saturated heterocycles. The zero-order valence-corrected chi connectivity index (χ0v) is 10.4. The Hall–Kier alpha value is -0.190. The first-order valence-electron chi connectivity index (χ1n) is 5.20. The van der Waals surface area contributed by atoms with Gasteiger partial charge in [0.05, 0.1) is 0 Å². The van der Waals surface area contributed by atoms with E-state index in [9.17, 15) is 4.79 Å². The maximum Gasteiger partial charge on any atom is 0.293 e. The molecule has 0 aromatic rings. The molecule has 0 saturated carbocycles. The van der Waals surface area contributed by atoms with Crippen molar-refractivity contribution in [3.05, 3.63) is 11.6 Å². The number of carbonyl (C=O) groups excluding carboxylic acids is 1. The quantitative estimate of drug-likeness (QED) is 0.834. The Bertz CT molecular complexity index is 227. The van der Waals surface area contributed by atoms with Crippen molar-refractivity contribution in [2.24, 2.45) is 0 Å². The van der Waals surface area contributed by atoms with Crippen molar-refractivity contribution < 1.29 is 4.79 Å². The van der Waals surface area contributed by atoms with Gasteiger partial charge in [-0.25, -0.2) is 5.01 Å². The van der Waals surface area contributed by atoms with Gasteiger partial charge in [0.25, 0.3) is 5.24 Å². The Kier molecular flexibility index (Phi) is 6.13. The highest BCUT2D eigenvalue weighted by molar-refractivity contribution is 8.13. The van der Waals surface area contributed by atoms with Crippen molar-refractivity contribution in [1.29, 1.82) is 0 Å². The number of amides is 1. The van der Waals surface area contributed by atoms with Gasteiger partial charge in [-0.2, -0.15) is 0 Å². The van der Waals surface area contributed by atoms with Gasteiger partial charge in [-0.3, -0.25) is 10.2 Å². The van der Waals surface area contributed by atoms with E-state index in [1.807, 2.05) is 5.01 Å². The van der Waals surface area contributed by atoms with E-state index in [0.717, 1.165) is 37.7 Å². The minimum Gasteiger partial charge on any atom is -0.280 e. The van der Waals surface area contributed by atoms with E-state index in [4.69, 9.17) is 11.6 Å². The van der Waals surface area contributed by atoms with Crippen molar-refractivity contribution in [2.45, 2.75) is 25.7 Å². The summed E-state index contributed by atoms with van der Waals surface area (Å²) in [5, 5.41) is 2.46. The summed E-state index contributed by atoms with van der Waals surface area (Å²) in [6, 6.07) is 0. The van der Waals surface area contributed by atoms with Gasteiger partial charge < -0.3 is 0 Å². The second-order valence-electron chi connectivity index (χ2n) is 3.61. The molecular formula is C10H17ClN2OS. The molecule has 0 unspecified atom stereocenters. The van der Waals surface area contributed by atoms with E-state index in [1.165, 1.54) is 12.8 Å². The van der Waals surface area contributed by atoms with Crippen LogP contribution in [0.25, 0.3) is 0 Å². The summed E-state index contributed by atoms with van der Waals surface area (Å²) in [5.74, 6) is 0.473. The van der Waals surface area contributed by atoms with E-state index in [0.29, 0.717) is 10.8 Å². The molecule has 0 aromatic heterocycles. The van der Waals surface area contributed by atoms with Crippen LogP contribution in [0.4, 0.5) is 4.79 Å². The van der Waals surface area contributed by atoms with Crippen molar-refractivity contribution >= 4 is 28.6 Å². The van der Waals surface area contributed by atoms with Crippen LogP contribution in [-0.2, 0) is 0 Å². The van der Waals surface area contributed by atoms with Crippen molar-refractivity contribution in [3.8, 4) is 0 Å². The number of hydrazine groups is 1. The number of nitrogens with zero attached hydrogens (tertiary/aromatic N) is 1. The molecule has 0 bridgehead atoms. The molecule has 1 aliphatic rings. The number of hydrogen-bond donors (Lipinski definition) is 1. The predicted octanol–water partition coefficient (Wildman–Crippen LogP) is 2.97. The third kappa shape index (κ3) is 6.07. The Morgan fingerprint density at radius 1 is 1.33 bits per heavy atom. The van der Waals surface area contributed by atoms with E-state index in [2.05, 4.69) is 12.0 Å². The first-order valence-corrected chi connectivity index (χ1v) is 6.56. The van der Waals surface area contributed by atoms with Crippen molar-refractivity contribution in [1.82, 2.24) is 10.4 Å². The Morgan fingerprint density at radius 2 is 1.93 bits per heavy atom. The molecule has 0 atom stereocenters. The molecule has 1 N–H and O–H groups in total. The fourth-order valence-electron chi connectivity index (χ4n) is 1.49. The normalized spacial score (nSPS) is 18.2. The summed E-state index contributed by atoms with van der Waals surface area (Å²) in [6.07, 6.45) is 4.84. The summed E-state index contributed by atoms with van der Waals surface area (Å²) < 4.78 is 0. The smallest absolute Gasteiger partial charge is 0.280 e. The zero-order valence-electron chi connectivity index (χ0n) is 8.80. The van der Waals surface area contributed by atoms with Gasteiger partial charge in [0.15, 0.2) is 0 Å². The van der Waals surface area contributed by atoms with E-state index in [-0.39, 0.29) is 5.24 Å². The highest BCUT2D eigenvalue weighted by Crippen LogP contribution is 2.12. The topological polar surface area (TPSA) is 32.3 Å². The monoisotopic (exact) mass is 248 g/mol. The van der Waals surface area contributed by atoms with Crippen LogP contribution in [-0.4, -0.2) is 29.1 Å². The van der Waals surface area contributed by atoms with Gasteiger partial charge in [0.1, 0.15) is 0 Å². The zero-order chi connectivity index (χ0) is 11.1. The number of rotatable bonds is 3. The Morgan fingerprint density at radius 3 is 2.47 bits per heavy atom. The first-order chi connectivity index (χ1) is 7.18. The van der Waals surface area contributed by atoms with Gasteiger partial charge in [0.2, 0.25) is 0 Å². The van der Waals surface area contributed by atoms with E-state index < -0.39 is 0 Å². The summed E-state index contributed by atoms with van der Waals surface area (Å²) in [6.45, 7) is 5.44. The van der Waals surface area contributed by atoms with Crippen LogP contribution in [0.1, 0.15) is 25.7 Å². The Balaban J connectivity index is 2.20. The summed E-state index contributed by atoms with van der Waals surface area (Å²) in [5.41, 5.74) is 2.87. The average molecular weight is 249 g/mol.